The predicted molar refractivity (Wildman–Crippen MR) is 101 cm³/mol. The Balaban J connectivity index is 1.71. The molecule has 6 nitrogen and oxygen atoms in total. The molecule has 0 radical (unpaired) electrons. The fourth-order valence-corrected chi connectivity index (χ4v) is 3.25. The van der Waals surface area contributed by atoms with Crippen molar-refractivity contribution >= 4 is 27.4 Å². The third-order valence-corrected chi connectivity index (χ3v) is 5.01. The Morgan fingerprint density at radius 3 is 2.23 bits per heavy atom. The third-order valence-electron chi connectivity index (χ3n) is 3.64. The molecular formula is C19H17N3O3S. The minimum Gasteiger partial charge on any atom is -0.322 e. The van der Waals surface area contributed by atoms with Gasteiger partial charge in [0.05, 0.1) is 4.90 Å². The molecule has 0 saturated carbocycles. The van der Waals surface area contributed by atoms with E-state index in [2.05, 4.69) is 15.0 Å². The molecule has 1 heterocycles. The van der Waals surface area contributed by atoms with E-state index >= 15 is 0 Å². The van der Waals surface area contributed by atoms with E-state index < -0.39 is 10.0 Å². The first-order valence-electron chi connectivity index (χ1n) is 7.86. The summed E-state index contributed by atoms with van der Waals surface area (Å²) in [5.74, 6) is -0.0172. The quantitative estimate of drug-likeness (QED) is 0.723. The zero-order valence-electron chi connectivity index (χ0n) is 14.0. The normalized spacial score (nSPS) is 11.0. The zero-order chi connectivity index (χ0) is 18.6. The number of pyridine rings is 1. The molecule has 2 aromatic carbocycles. The number of hydrogen-bond acceptors (Lipinski definition) is 4. The van der Waals surface area contributed by atoms with Gasteiger partial charge in [0.15, 0.2) is 0 Å². The highest BCUT2D eigenvalue weighted by Crippen LogP contribution is 2.17. The number of carbonyl (C=O) groups excluding carboxylic acids is 1. The monoisotopic (exact) mass is 367 g/mol. The molecule has 0 unspecified atom stereocenters. The topological polar surface area (TPSA) is 88.2 Å². The van der Waals surface area contributed by atoms with E-state index in [9.17, 15) is 13.2 Å². The van der Waals surface area contributed by atoms with E-state index in [1.54, 1.807) is 42.5 Å². The number of nitrogens with one attached hydrogen (secondary N) is 2. The molecule has 132 valence electrons. The second kappa shape index (κ2) is 7.37. The second-order valence-electron chi connectivity index (χ2n) is 5.67. The minimum atomic E-state index is -3.74. The van der Waals surface area contributed by atoms with Crippen molar-refractivity contribution in [3.8, 4) is 0 Å². The standard InChI is InChI=1S/C19H17N3O3S/c1-14-5-7-15(8-6-14)19(23)21-16-9-11-17(12-10-16)26(24,25)22-18-4-2-3-13-20-18/h2-13H,1H3,(H,20,22)(H,21,23). The first kappa shape index (κ1) is 17.6. The van der Waals surface area contributed by atoms with Gasteiger partial charge in [-0.15, -0.1) is 0 Å². The average molecular weight is 367 g/mol. The van der Waals surface area contributed by atoms with E-state index in [0.717, 1.165) is 5.56 Å². The number of carbonyl (C=O) groups is 1. The van der Waals surface area contributed by atoms with Crippen molar-refractivity contribution in [2.24, 2.45) is 0 Å². The van der Waals surface area contributed by atoms with Crippen LogP contribution in [0.2, 0.25) is 0 Å². The Kier molecular flexibility index (Phi) is 4.99. The summed E-state index contributed by atoms with van der Waals surface area (Å²) >= 11 is 0. The molecule has 0 aliphatic heterocycles. The van der Waals surface area contributed by atoms with Gasteiger partial charge in [-0.25, -0.2) is 13.4 Å². The molecule has 0 saturated heterocycles. The van der Waals surface area contributed by atoms with Crippen molar-refractivity contribution in [2.45, 2.75) is 11.8 Å². The molecule has 0 spiro atoms. The van der Waals surface area contributed by atoms with Gasteiger partial charge in [-0.3, -0.25) is 9.52 Å². The van der Waals surface area contributed by atoms with E-state index in [1.165, 1.54) is 18.3 Å². The van der Waals surface area contributed by atoms with Crippen molar-refractivity contribution in [1.82, 2.24) is 4.98 Å². The smallest absolute Gasteiger partial charge is 0.263 e. The Labute approximate surface area is 152 Å². The van der Waals surface area contributed by atoms with Crippen LogP contribution in [0.3, 0.4) is 0 Å². The Hall–Kier alpha value is -3.19. The molecule has 0 atom stereocenters. The van der Waals surface area contributed by atoms with Gasteiger partial charge in [-0.1, -0.05) is 23.8 Å². The first-order chi connectivity index (χ1) is 12.4. The van der Waals surface area contributed by atoms with Crippen LogP contribution >= 0.6 is 0 Å². The number of benzene rings is 2. The molecule has 0 fully saturated rings. The largest absolute Gasteiger partial charge is 0.322 e. The Morgan fingerprint density at radius 1 is 0.923 bits per heavy atom. The maximum absolute atomic E-state index is 12.4. The summed E-state index contributed by atoms with van der Waals surface area (Å²) in [7, 11) is -3.74. The minimum absolute atomic E-state index is 0.0801. The average Bonchev–Trinajstić information content (AvgIpc) is 2.63. The lowest BCUT2D eigenvalue weighted by atomic mass is 10.1. The summed E-state index contributed by atoms with van der Waals surface area (Å²) in [6.45, 7) is 1.94. The molecule has 0 aliphatic rings. The van der Waals surface area contributed by atoms with Gasteiger partial charge >= 0.3 is 0 Å². The summed E-state index contributed by atoms with van der Waals surface area (Å²) in [6.07, 6.45) is 1.50. The Bertz CT molecular complexity index is 1000. The predicted octanol–water partition coefficient (Wildman–Crippen LogP) is 3.44. The van der Waals surface area contributed by atoms with Gasteiger partial charge < -0.3 is 5.32 Å². The molecule has 1 amide bonds. The highest BCUT2D eigenvalue weighted by molar-refractivity contribution is 7.92. The van der Waals surface area contributed by atoms with Crippen LogP contribution in [0, 0.1) is 6.92 Å². The molecule has 26 heavy (non-hydrogen) atoms. The Morgan fingerprint density at radius 2 is 1.62 bits per heavy atom. The summed E-state index contributed by atoms with van der Waals surface area (Å²) < 4.78 is 27.1. The van der Waals surface area contributed by atoms with Crippen molar-refractivity contribution in [1.29, 1.82) is 0 Å². The van der Waals surface area contributed by atoms with E-state index in [-0.39, 0.29) is 16.6 Å². The summed E-state index contributed by atoms with van der Waals surface area (Å²) in [6, 6.07) is 18.1. The van der Waals surface area contributed by atoms with Crippen LogP contribution in [0.15, 0.2) is 77.8 Å². The van der Waals surface area contributed by atoms with Gasteiger partial charge in [0.1, 0.15) is 5.82 Å². The van der Waals surface area contributed by atoms with Gasteiger partial charge in [-0.05, 0) is 55.5 Å². The molecule has 2 N–H and O–H groups in total. The van der Waals surface area contributed by atoms with Crippen LogP contribution in [-0.4, -0.2) is 19.3 Å². The highest BCUT2D eigenvalue weighted by atomic mass is 32.2. The third kappa shape index (κ3) is 4.25. The SMILES string of the molecule is Cc1ccc(C(=O)Nc2ccc(S(=O)(=O)Nc3ccccn3)cc2)cc1. The first-order valence-corrected chi connectivity index (χ1v) is 9.34. The highest BCUT2D eigenvalue weighted by Gasteiger charge is 2.15. The second-order valence-corrected chi connectivity index (χ2v) is 7.35. The van der Waals surface area contributed by atoms with Crippen molar-refractivity contribution in [3.05, 3.63) is 84.1 Å². The molecule has 0 aliphatic carbocycles. The number of anilines is 2. The van der Waals surface area contributed by atoms with Crippen LogP contribution in [0.5, 0.6) is 0 Å². The lowest BCUT2D eigenvalue weighted by molar-refractivity contribution is 0.102. The molecule has 3 rings (SSSR count). The van der Waals surface area contributed by atoms with Crippen LogP contribution < -0.4 is 10.0 Å². The molecular weight excluding hydrogens is 350 g/mol. The maximum Gasteiger partial charge on any atom is 0.263 e. The van der Waals surface area contributed by atoms with Crippen LogP contribution in [-0.2, 0) is 10.0 Å². The summed E-state index contributed by atoms with van der Waals surface area (Å²) in [5, 5.41) is 2.74. The summed E-state index contributed by atoms with van der Waals surface area (Å²) in [5.41, 5.74) is 2.10. The lowest BCUT2D eigenvalue weighted by Gasteiger charge is -2.09. The number of aromatic nitrogens is 1. The number of aryl methyl sites for hydroxylation is 1. The number of nitrogens with zero attached hydrogens (tertiary/aromatic N) is 1. The lowest BCUT2D eigenvalue weighted by Crippen LogP contribution is -2.14. The fourth-order valence-electron chi connectivity index (χ4n) is 2.25. The van der Waals surface area contributed by atoms with Crippen molar-refractivity contribution in [3.63, 3.8) is 0 Å². The van der Waals surface area contributed by atoms with Gasteiger partial charge in [0.25, 0.3) is 15.9 Å². The van der Waals surface area contributed by atoms with Crippen LogP contribution in [0.1, 0.15) is 15.9 Å². The van der Waals surface area contributed by atoms with Gasteiger partial charge in [0, 0.05) is 17.4 Å². The molecule has 7 heteroatoms. The van der Waals surface area contributed by atoms with Crippen LogP contribution in [0.25, 0.3) is 0 Å². The number of sulfonamides is 1. The van der Waals surface area contributed by atoms with Crippen LogP contribution in [0.4, 0.5) is 11.5 Å². The molecule has 3 aromatic rings. The summed E-state index contributed by atoms with van der Waals surface area (Å²) in [4.78, 5) is 16.2. The van der Waals surface area contributed by atoms with Crippen molar-refractivity contribution in [2.75, 3.05) is 10.0 Å². The van der Waals surface area contributed by atoms with Gasteiger partial charge in [0.2, 0.25) is 0 Å². The molecule has 0 bridgehead atoms. The van der Waals surface area contributed by atoms with E-state index in [1.807, 2.05) is 19.1 Å². The van der Waals surface area contributed by atoms with Crippen molar-refractivity contribution < 1.29 is 13.2 Å². The maximum atomic E-state index is 12.4. The number of hydrogen-bond donors (Lipinski definition) is 2. The fraction of sp³-hybridized carbons (Fsp3) is 0.0526. The zero-order valence-corrected chi connectivity index (χ0v) is 14.8. The number of rotatable bonds is 5. The van der Waals surface area contributed by atoms with E-state index in [0.29, 0.717) is 11.3 Å². The van der Waals surface area contributed by atoms with E-state index in [4.69, 9.17) is 0 Å². The molecule has 1 aromatic heterocycles. The number of amides is 1. The van der Waals surface area contributed by atoms with Gasteiger partial charge in [-0.2, -0.15) is 0 Å².